The van der Waals surface area contributed by atoms with Crippen LogP contribution in [0.2, 0.25) is 0 Å². The van der Waals surface area contributed by atoms with Gasteiger partial charge in [-0.15, -0.1) is 5.10 Å². The number of sulfonamides is 1. The minimum Gasteiger partial charge on any atom is -0.492 e. The standard InChI is InChI=1S/C25H30N6O3S/c1-29-16-25(26-28-29)35(32,33)27-19-14-31(15-19)20-8-9-24-22(13-20)21(12-18-6-3-2-4-7-18)23(17-34-24)30-10-5-11-30/h2-4,6-9,13,16,19,21,23,27H,5,10-12,14-15,17H2,1H3/t21-,23+/m0/s1. The third kappa shape index (κ3) is 4.41. The van der Waals surface area contributed by atoms with Crippen molar-refractivity contribution in [1.29, 1.82) is 0 Å². The number of hydrogen-bond acceptors (Lipinski definition) is 7. The largest absolute Gasteiger partial charge is 0.492 e. The van der Waals surface area contributed by atoms with Crippen LogP contribution < -0.4 is 14.4 Å². The van der Waals surface area contributed by atoms with Gasteiger partial charge >= 0.3 is 0 Å². The molecule has 2 aromatic carbocycles. The van der Waals surface area contributed by atoms with Crippen LogP contribution in [-0.2, 0) is 23.5 Å². The lowest BCUT2D eigenvalue weighted by atomic mass is 9.82. The molecule has 1 aromatic heterocycles. The highest BCUT2D eigenvalue weighted by Gasteiger charge is 2.38. The van der Waals surface area contributed by atoms with E-state index in [0.29, 0.717) is 25.0 Å². The maximum absolute atomic E-state index is 12.6. The maximum Gasteiger partial charge on any atom is 0.261 e. The highest BCUT2D eigenvalue weighted by atomic mass is 32.2. The molecule has 0 spiro atoms. The second kappa shape index (κ2) is 8.92. The Balaban J connectivity index is 1.19. The molecule has 0 amide bonds. The van der Waals surface area contributed by atoms with Crippen molar-refractivity contribution in [2.45, 2.75) is 35.9 Å². The molecule has 0 bridgehead atoms. The fourth-order valence-corrected chi connectivity index (χ4v) is 6.44. The summed E-state index contributed by atoms with van der Waals surface area (Å²) in [6.45, 7) is 4.21. The van der Waals surface area contributed by atoms with Crippen molar-refractivity contribution < 1.29 is 13.2 Å². The molecule has 6 rings (SSSR count). The summed E-state index contributed by atoms with van der Waals surface area (Å²) in [7, 11) is -2.03. The minimum absolute atomic E-state index is 0.0508. The number of aryl methyl sites for hydroxylation is 1. The Bertz CT molecular complexity index is 1300. The molecule has 9 nitrogen and oxygen atoms in total. The summed E-state index contributed by atoms with van der Waals surface area (Å²) in [5, 5.41) is 7.41. The van der Waals surface area contributed by atoms with Crippen molar-refractivity contribution in [2.75, 3.05) is 37.7 Å². The van der Waals surface area contributed by atoms with Gasteiger partial charge in [0.25, 0.3) is 10.0 Å². The van der Waals surface area contributed by atoms with Crippen LogP contribution in [0.25, 0.3) is 0 Å². The van der Waals surface area contributed by atoms with Crippen molar-refractivity contribution in [3.05, 3.63) is 65.9 Å². The normalized spacial score (nSPS) is 22.7. The molecule has 2 atom stereocenters. The Labute approximate surface area is 205 Å². The quantitative estimate of drug-likeness (QED) is 0.535. The van der Waals surface area contributed by atoms with Crippen LogP contribution in [0.4, 0.5) is 5.69 Å². The Kier molecular flexibility index (Phi) is 5.74. The van der Waals surface area contributed by atoms with Crippen LogP contribution in [0.15, 0.2) is 59.8 Å². The number of hydrogen-bond donors (Lipinski definition) is 1. The molecule has 3 aliphatic heterocycles. The van der Waals surface area contributed by atoms with Crippen molar-refractivity contribution in [2.24, 2.45) is 7.05 Å². The third-order valence-corrected chi connectivity index (χ3v) is 8.73. The van der Waals surface area contributed by atoms with E-state index < -0.39 is 10.0 Å². The van der Waals surface area contributed by atoms with E-state index in [2.05, 4.69) is 73.4 Å². The Morgan fingerprint density at radius 2 is 1.91 bits per heavy atom. The topological polar surface area (TPSA) is 92.6 Å². The first kappa shape index (κ1) is 22.5. The lowest BCUT2D eigenvalue weighted by Gasteiger charge is -2.46. The molecule has 0 saturated carbocycles. The van der Waals surface area contributed by atoms with E-state index in [1.165, 1.54) is 28.4 Å². The van der Waals surface area contributed by atoms with E-state index in [4.69, 9.17) is 4.74 Å². The molecular formula is C25H30N6O3S. The average molecular weight is 495 g/mol. The molecule has 2 fully saturated rings. The molecular weight excluding hydrogens is 464 g/mol. The van der Waals surface area contributed by atoms with Gasteiger partial charge in [-0.05, 0) is 49.7 Å². The fraction of sp³-hybridized carbons (Fsp3) is 0.440. The molecule has 3 aliphatic rings. The van der Waals surface area contributed by atoms with E-state index in [0.717, 1.165) is 37.6 Å². The summed E-state index contributed by atoms with van der Waals surface area (Å²) in [4.78, 5) is 4.75. The summed E-state index contributed by atoms with van der Waals surface area (Å²) in [5.74, 6) is 1.32. The summed E-state index contributed by atoms with van der Waals surface area (Å²) < 4.78 is 35.5. The second-order valence-electron chi connectivity index (χ2n) is 9.74. The number of nitrogens with one attached hydrogen (secondary N) is 1. The number of ether oxygens (including phenoxy) is 1. The van der Waals surface area contributed by atoms with Gasteiger partial charge in [0, 0.05) is 37.3 Å². The zero-order valence-corrected chi connectivity index (χ0v) is 20.6. The monoisotopic (exact) mass is 494 g/mol. The van der Waals surface area contributed by atoms with Crippen LogP contribution in [0.1, 0.15) is 23.5 Å². The zero-order chi connectivity index (χ0) is 24.0. The summed E-state index contributed by atoms with van der Waals surface area (Å²) in [6.07, 6.45) is 3.63. The zero-order valence-electron chi connectivity index (χ0n) is 19.7. The first-order chi connectivity index (χ1) is 17.0. The average Bonchev–Trinajstić information content (AvgIpc) is 3.24. The van der Waals surface area contributed by atoms with Crippen LogP contribution in [-0.4, -0.2) is 73.2 Å². The number of rotatable bonds is 7. The molecule has 0 radical (unpaired) electrons. The molecule has 10 heteroatoms. The van der Waals surface area contributed by atoms with Gasteiger partial charge in [0.05, 0.1) is 18.3 Å². The number of benzene rings is 2. The first-order valence-electron chi connectivity index (χ1n) is 12.1. The van der Waals surface area contributed by atoms with Crippen LogP contribution in [0.3, 0.4) is 0 Å². The van der Waals surface area contributed by atoms with Gasteiger partial charge in [-0.25, -0.2) is 13.1 Å². The molecule has 0 unspecified atom stereocenters. The minimum atomic E-state index is -3.67. The molecule has 2 saturated heterocycles. The number of likely N-dealkylation sites (tertiary alicyclic amines) is 1. The molecule has 1 N–H and O–H groups in total. The third-order valence-electron chi connectivity index (χ3n) is 7.35. The van der Waals surface area contributed by atoms with Gasteiger partial charge in [0.1, 0.15) is 12.4 Å². The van der Waals surface area contributed by atoms with Gasteiger partial charge in [0.15, 0.2) is 0 Å². The molecule has 184 valence electrons. The Morgan fingerprint density at radius 3 is 2.60 bits per heavy atom. The van der Waals surface area contributed by atoms with Gasteiger partial charge in [-0.2, -0.15) is 0 Å². The SMILES string of the molecule is Cn1cc(S(=O)(=O)NC2CN(c3ccc4c(c3)[C@H](Cc3ccccc3)[C@H](N3CCC3)CO4)C2)nn1. The van der Waals surface area contributed by atoms with Gasteiger partial charge < -0.3 is 9.64 Å². The molecule has 0 aliphatic carbocycles. The van der Waals surface area contributed by atoms with Crippen LogP contribution >= 0.6 is 0 Å². The van der Waals surface area contributed by atoms with E-state index in [-0.39, 0.29) is 11.1 Å². The van der Waals surface area contributed by atoms with Gasteiger partial charge in [-0.1, -0.05) is 35.5 Å². The summed E-state index contributed by atoms with van der Waals surface area (Å²) in [5.41, 5.74) is 3.69. The molecule has 3 aromatic rings. The first-order valence-corrected chi connectivity index (χ1v) is 13.6. The second-order valence-corrected chi connectivity index (χ2v) is 11.4. The van der Waals surface area contributed by atoms with Crippen molar-refractivity contribution in [3.63, 3.8) is 0 Å². The predicted molar refractivity (Wildman–Crippen MR) is 132 cm³/mol. The van der Waals surface area contributed by atoms with E-state index >= 15 is 0 Å². The Hall–Kier alpha value is -2.95. The summed E-state index contributed by atoms with van der Waals surface area (Å²) >= 11 is 0. The van der Waals surface area contributed by atoms with Crippen LogP contribution in [0.5, 0.6) is 5.75 Å². The van der Waals surface area contributed by atoms with Crippen molar-refractivity contribution in [3.8, 4) is 5.75 Å². The smallest absolute Gasteiger partial charge is 0.261 e. The summed E-state index contributed by atoms with van der Waals surface area (Å²) in [6, 6.07) is 17.3. The number of anilines is 1. The van der Waals surface area contributed by atoms with Gasteiger partial charge in [0.2, 0.25) is 5.03 Å². The molecule has 4 heterocycles. The highest BCUT2D eigenvalue weighted by molar-refractivity contribution is 7.89. The van der Waals surface area contributed by atoms with E-state index in [1.54, 1.807) is 7.05 Å². The van der Waals surface area contributed by atoms with Gasteiger partial charge in [-0.3, -0.25) is 9.58 Å². The number of fused-ring (bicyclic) bond motifs is 1. The lowest BCUT2D eigenvalue weighted by Crippen LogP contribution is -2.59. The number of aromatic nitrogens is 3. The van der Waals surface area contributed by atoms with Crippen molar-refractivity contribution >= 4 is 15.7 Å². The maximum atomic E-state index is 12.6. The fourth-order valence-electron chi connectivity index (χ4n) is 5.29. The lowest BCUT2D eigenvalue weighted by molar-refractivity contribution is 0.0502. The highest BCUT2D eigenvalue weighted by Crippen LogP contribution is 2.41. The predicted octanol–water partition coefficient (Wildman–Crippen LogP) is 1.78. The molecule has 35 heavy (non-hydrogen) atoms. The van der Waals surface area contributed by atoms with E-state index in [9.17, 15) is 8.42 Å². The van der Waals surface area contributed by atoms with Crippen molar-refractivity contribution in [1.82, 2.24) is 24.6 Å². The van der Waals surface area contributed by atoms with Crippen LogP contribution in [0, 0.1) is 0 Å². The Morgan fingerprint density at radius 1 is 1.11 bits per heavy atom. The van der Waals surface area contributed by atoms with E-state index in [1.807, 2.05) is 0 Å². The number of nitrogens with zero attached hydrogens (tertiary/aromatic N) is 5.